The Balaban J connectivity index is 0.00000400. The molecule has 1 unspecified atom stereocenters. The molecule has 0 aromatic carbocycles. The molecule has 5 nitrogen and oxygen atoms in total. The van der Waals surface area contributed by atoms with Crippen molar-refractivity contribution in [2.45, 2.75) is 76.8 Å². The number of carbonyl (C=O) groups excluding carboxylic acids is 2. The molecule has 0 saturated heterocycles. The molecular formula is C15H30ClN3O2. The van der Waals surface area contributed by atoms with Gasteiger partial charge in [0.15, 0.2) is 0 Å². The van der Waals surface area contributed by atoms with Gasteiger partial charge in [0.2, 0.25) is 11.8 Å². The van der Waals surface area contributed by atoms with Crippen LogP contribution < -0.4 is 16.4 Å². The van der Waals surface area contributed by atoms with Crippen LogP contribution in [0.3, 0.4) is 0 Å². The van der Waals surface area contributed by atoms with Gasteiger partial charge in [0, 0.05) is 6.54 Å². The van der Waals surface area contributed by atoms with Gasteiger partial charge < -0.3 is 16.4 Å². The highest BCUT2D eigenvalue weighted by atomic mass is 35.5. The molecule has 124 valence electrons. The summed E-state index contributed by atoms with van der Waals surface area (Å²) in [5.41, 5.74) is 5.12. The van der Waals surface area contributed by atoms with Gasteiger partial charge in [-0.05, 0) is 25.7 Å². The van der Waals surface area contributed by atoms with Gasteiger partial charge in [0.25, 0.3) is 0 Å². The fourth-order valence-corrected chi connectivity index (χ4v) is 2.74. The Bertz CT molecular complexity index is 331. The SMILES string of the molecule is CCCNC(=O)C1(NC(=O)C(N)CCC)CCCCC1.Cl. The van der Waals surface area contributed by atoms with E-state index in [0.717, 1.165) is 32.1 Å². The minimum Gasteiger partial charge on any atom is -0.354 e. The second-order valence-electron chi connectivity index (χ2n) is 5.78. The minimum absolute atomic E-state index is 0. The first-order valence-corrected chi connectivity index (χ1v) is 7.91. The monoisotopic (exact) mass is 319 g/mol. The van der Waals surface area contributed by atoms with E-state index in [0.29, 0.717) is 25.8 Å². The third-order valence-electron chi connectivity index (χ3n) is 3.98. The van der Waals surface area contributed by atoms with E-state index in [4.69, 9.17) is 5.73 Å². The summed E-state index contributed by atoms with van der Waals surface area (Å²) in [7, 11) is 0. The van der Waals surface area contributed by atoms with Crippen molar-refractivity contribution in [1.82, 2.24) is 10.6 Å². The Labute approximate surface area is 134 Å². The fraction of sp³-hybridized carbons (Fsp3) is 0.867. The topological polar surface area (TPSA) is 84.2 Å². The smallest absolute Gasteiger partial charge is 0.245 e. The molecule has 1 atom stereocenters. The van der Waals surface area contributed by atoms with Crippen LogP contribution in [0.25, 0.3) is 0 Å². The van der Waals surface area contributed by atoms with Gasteiger partial charge in [-0.1, -0.05) is 39.5 Å². The maximum Gasteiger partial charge on any atom is 0.245 e. The molecule has 1 rings (SSSR count). The van der Waals surface area contributed by atoms with E-state index in [1.807, 2.05) is 13.8 Å². The Morgan fingerprint density at radius 2 is 1.76 bits per heavy atom. The molecule has 0 radical (unpaired) electrons. The molecule has 0 bridgehead atoms. The number of rotatable bonds is 7. The average molecular weight is 320 g/mol. The molecule has 0 aliphatic heterocycles. The van der Waals surface area contributed by atoms with Gasteiger partial charge in [-0.25, -0.2) is 0 Å². The summed E-state index contributed by atoms with van der Waals surface area (Å²) < 4.78 is 0. The van der Waals surface area contributed by atoms with Crippen LogP contribution in [-0.4, -0.2) is 29.9 Å². The number of hydrogen-bond acceptors (Lipinski definition) is 3. The van der Waals surface area contributed by atoms with E-state index in [9.17, 15) is 9.59 Å². The molecule has 1 aliphatic rings. The third-order valence-corrected chi connectivity index (χ3v) is 3.98. The largest absolute Gasteiger partial charge is 0.354 e. The van der Waals surface area contributed by atoms with Gasteiger partial charge in [0.05, 0.1) is 6.04 Å². The predicted molar refractivity (Wildman–Crippen MR) is 87.4 cm³/mol. The lowest BCUT2D eigenvalue weighted by atomic mass is 9.80. The van der Waals surface area contributed by atoms with Crippen molar-refractivity contribution >= 4 is 24.2 Å². The molecule has 6 heteroatoms. The Kier molecular flexibility index (Phi) is 9.62. The second-order valence-corrected chi connectivity index (χ2v) is 5.78. The lowest BCUT2D eigenvalue weighted by Gasteiger charge is -2.37. The second kappa shape index (κ2) is 10.0. The minimum atomic E-state index is -0.740. The normalized spacial score (nSPS) is 18.2. The number of carbonyl (C=O) groups is 2. The van der Waals surface area contributed by atoms with Gasteiger partial charge in [-0.3, -0.25) is 9.59 Å². The molecule has 2 amide bonds. The molecule has 1 saturated carbocycles. The Morgan fingerprint density at radius 1 is 1.14 bits per heavy atom. The fourth-order valence-electron chi connectivity index (χ4n) is 2.74. The lowest BCUT2D eigenvalue weighted by molar-refractivity contribution is -0.135. The molecule has 0 heterocycles. The molecule has 21 heavy (non-hydrogen) atoms. The van der Waals surface area contributed by atoms with E-state index in [1.54, 1.807) is 0 Å². The highest BCUT2D eigenvalue weighted by Crippen LogP contribution is 2.28. The highest BCUT2D eigenvalue weighted by molar-refractivity contribution is 5.93. The van der Waals surface area contributed by atoms with Crippen LogP contribution in [0.15, 0.2) is 0 Å². The highest BCUT2D eigenvalue weighted by Gasteiger charge is 2.41. The maximum absolute atomic E-state index is 12.4. The number of hydrogen-bond donors (Lipinski definition) is 3. The van der Waals surface area contributed by atoms with Crippen molar-refractivity contribution in [2.24, 2.45) is 5.73 Å². The van der Waals surface area contributed by atoms with Gasteiger partial charge in [-0.15, -0.1) is 12.4 Å². The summed E-state index contributed by atoms with van der Waals surface area (Å²) in [5, 5.41) is 5.87. The van der Waals surface area contributed by atoms with E-state index in [2.05, 4.69) is 10.6 Å². The van der Waals surface area contributed by atoms with Crippen molar-refractivity contribution in [1.29, 1.82) is 0 Å². The van der Waals surface area contributed by atoms with E-state index in [1.165, 1.54) is 0 Å². The number of halogens is 1. The predicted octanol–water partition coefficient (Wildman–Crippen LogP) is 1.88. The molecular weight excluding hydrogens is 290 g/mol. The van der Waals surface area contributed by atoms with Gasteiger partial charge in [-0.2, -0.15) is 0 Å². The molecule has 0 spiro atoms. The first-order valence-electron chi connectivity index (χ1n) is 7.91. The quantitative estimate of drug-likeness (QED) is 0.670. The molecule has 4 N–H and O–H groups in total. The summed E-state index contributed by atoms with van der Waals surface area (Å²) in [6.07, 6.45) is 6.92. The summed E-state index contributed by atoms with van der Waals surface area (Å²) in [6.45, 7) is 4.67. The molecule has 1 fully saturated rings. The number of amides is 2. The van der Waals surface area contributed by atoms with Crippen LogP contribution in [-0.2, 0) is 9.59 Å². The zero-order chi connectivity index (χ0) is 15.0. The average Bonchev–Trinajstić information content (AvgIpc) is 2.45. The molecule has 1 aliphatic carbocycles. The van der Waals surface area contributed by atoms with Gasteiger partial charge in [0.1, 0.15) is 5.54 Å². The molecule has 0 aromatic heterocycles. The van der Waals surface area contributed by atoms with Crippen LogP contribution in [0.2, 0.25) is 0 Å². The van der Waals surface area contributed by atoms with Crippen LogP contribution >= 0.6 is 12.4 Å². The Morgan fingerprint density at radius 3 is 2.29 bits per heavy atom. The Hall–Kier alpha value is -0.810. The van der Waals surface area contributed by atoms with E-state index < -0.39 is 11.6 Å². The third kappa shape index (κ3) is 5.83. The van der Waals surface area contributed by atoms with Crippen LogP contribution in [0, 0.1) is 0 Å². The first kappa shape index (κ1) is 20.2. The lowest BCUT2D eigenvalue weighted by Crippen LogP contribution is -2.62. The number of nitrogens with one attached hydrogen (secondary N) is 2. The zero-order valence-corrected chi connectivity index (χ0v) is 14.1. The zero-order valence-electron chi connectivity index (χ0n) is 13.2. The summed E-state index contributed by atoms with van der Waals surface area (Å²) >= 11 is 0. The van der Waals surface area contributed by atoms with E-state index in [-0.39, 0.29) is 24.2 Å². The van der Waals surface area contributed by atoms with Crippen molar-refractivity contribution in [3.63, 3.8) is 0 Å². The first-order chi connectivity index (χ1) is 9.55. The van der Waals surface area contributed by atoms with E-state index >= 15 is 0 Å². The summed E-state index contributed by atoms with van der Waals surface area (Å²) in [6, 6.07) is -0.516. The van der Waals surface area contributed by atoms with Crippen molar-refractivity contribution in [3.8, 4) is 0 Å². The van der Waals surface area contributed by atoms with Crippen molar-refractivity contribution in [2.75, 3.05) is 6.54 Å². The van der Waals surface area contributed by atoms with Gasteiger partial charge >= 0.3 is 0 Å². The molecule has 0 aromatic rings. The van der Waals surface area contributed by atoms with Crippen LogP contribution in [0.4, 0.5) is 0 Å². The van der Waals surface area contributed by atoms with Crippen LogP contribution in [0.5, 0.6) is 0 Å². The summed E-state index contributed by atoms with van der Waals surface area (Å²) in [5.74, 6) is -0.239. The van der Waals surface area contributed by atoms with Crippen LogP contribution in [0.1, 0.15) is 65.2 Å². The number of nitrogens with two attached hydrogens (primary N) is 1. The maximum atomic E-state index is 12.4. The standard InChI is InChI=1S/C15H29N3O2.ClH/c1-3-8-12(16)13(19)18-15(9-6-5-7-10-15)14(20)17-11-4-2;/h12H,3-11,16H2,1-2H3,(H,17,20)(H,18,19);1H. The summed E-state index contributed by atoms with van der Waals surface area (Å²) in [4.78, 5) is 24.6. The van der Waals surface area contributed by atoms with Crippen molar-refractivity contribution < 1.29 is 9.59 Å². The van der Waals surface area contributed by atoms with Crippen molar-refractivity contribution in [3.05, 3.63) is 0 Å².